The molecule has 1 aromatic carbocycles. The molecule has 2 aliphatic rings. The molecule has 6 nitrogen and oxygen atoms in total. The summed E-state index contributed by atoms with van der Waals surface area (Å²) in [5.74, 6) is -0.697. The number of hydrogen-bond donors (Lipinski definition) is 0. The standard InChI is InChI=1S/C20H18N2O4/c1-25-18(23)10-16-7-14-8-17-15(6-13(14)9-19(24)26-16)11-22-20(17)12-2-4-21-5-3-12/h2-6,8,16H,7,9-11H2,1H3. The van der Waals surface area contributed by atoms with Gasteiger partial charge in [0.2, 0.25) is 0 Å². The molecule has 1 unspecified atom stereocenters. The van der Waals surface area contributed by atoms with Gasteiger partial charge < -0.3 is 9.47 Å². The second kappa shape index (κ2) is 6.71. The fourth-order valence-electron chi connectivity index (χ4n) is 3.51. The van der Waals surface area contributed by atoms with E-state index in [-0.39, 0.29) is 24.8 Å². The highest BCUT2D eigenvalue weighted by atomic mass is 16.6. The van der Waals surface area contributed by atoms with Gasteiger partial charge in [0.05, 0.1) is 32.2 Å². The third kappa shape index (κ3) is 3.10. The van der Waals surface area contributed by atoms with Gasteiger partial charge in [-0.2, -0.15) is 0 Å². The maximum atomic E-state index is 12.1. The highest BCUT2D eigenvalue weighted by molar-refractivity contribution is 6.15. The molecule has 0 amide bonds. The molecule has 1 atom stereocenters. The van der Waals surface area contributed by atoms with E-state index in [1.54, 1.807) is 12.4 Å². The van der Waals surface area contributed by atoms with Crippen LogP contribution in [0.4, 0.5) is 0 Å². The molecule has 0 spiro atoms. The predicted octanol–water partition coefficient (Wildman–Crippen LogP) is 2.01. The van der Waals surface area contributed by atoms with Gasteiger partial charge in [-0.3, -0.25) is 19.6 Å². The van der Waals surface area contributed by atoms with E-state index in [1.165, 1.54) is 7.11 Å². The zero-order valence-corrected chi connectivity index (χ0v) is 14.4. The summed E-state index contributed by atoms with van der Waals surface area (Å²) in [6.07, 6.45) is 3.76. The van der Waals surface area contributed by atoms with Gasteiger partial charge in [-0.25, -0.2) is 0 Å². The molecule has 6 heteroatoms. The average Bonchev–Trinajstić information content (AvgIpc) is 2.97. The number of carbonyl (C=O) groups excluding carboxylic acids is 2. The van der Waals surface area contributed by atoms with Crippen molar-refractivity contribution in [2.45, 2.75) is 31.9 Å². The molecular formula is C20H18N2O4. The van der Waals surface area contributed by atoms with E-state index in [2.05, 4.69) is 16.0 Å². The molecule has 0 bridgehead atoms. The van der Waals surface area contributed by atoms with Crippen LogP contribution >= 0.6 is 0 Å². The van der Waals surface area contributed by atoms with Crippen LogP contribution in [0.3, 0.4) is 0 Å². The maximum Gasteiger partial charge on any atom is 0.310 e. The Morgan fingerprint density at radius 1 is 1.23 bits per heavy atom. The van der Waals surface area contributed by atoms with E-state index in [4.69, 9.17) is 9.47 Å². The number of carbonyl (C=O) groups is 2. The third-order valence-electron chi connectivity index (χ3n) is 4.74. The number of nitrogens with zero attached hydrogens (tertiary/aromatic N) is 2. The minimum atomic E-state index is -0.503. The molecule has 26 heavy (non-hydrogen) atoms. The van der Waals surface area contributed by atoms with Gasteiger partial charge in [0.1, 0.15) is 6.10 Å². The fraction of sp³-hybridized carbons (Fsp3) is 0.300. The van der Waals surface area contributed by atoms with Crippen molar-refractivity contribution in [1.82, 2.24) is 4.98 Å². The number of esters is 2. The quantitative estimate of drug-likeness (QED) is 0.791. The van der Waals surface area contributed by atoms with Gasteiger partial charge in [0.25, 0.3) is 0 Å². The van der Waals surface area contributed by atoms with E-state index < -0.39 is 6.10 Å². The van der Waals surface area contributed by atoms with Crippen LogP contribution in [0.1, 0.15) is 34.2 Å². The summed E-state index contributed by atoms with van der Waals surface area (Å²) in [7, 11) is 1.33. The number of rotatable bonds is 3. The number of pyridine rings is 1. The molecule has 0 radical (unpaired) electrons. The molecule has 0 fully saturated rings. The highest BCUT2D eigenvalue weighted by Crippen LogP contribution is 2.29. The minimum absolute atomic E-state index is 0.0596. The van der Waals surface area contributed by atoms with Crippen LogP contribution in [0.5, 0.6) is 0 Å². The van der Waals surface area contributed by atoms with Crippen molar-refractivity contribution in [3.05, 3.63) is 64.5 Å². The third-order valence-corrected chi connectivity index (χ3v) is 4.74. The van der Waals surface area contributed by atoms with Gasteiger partial charge in [0.15, 0.2) is 0 Å². The van der Waals surface area contributed by atoms with E-state index in [0.29, 0.717) is 13.0 Å². The molecule has 0 saturated carbocycles. The first-order valence-electron chi connectivity index (χ1n) is 8.50. The Hall–Kier alpha value is -3.02. The molecule has 0 aliphatic carbocycles. The molecular weight excluding hydrogens is 332 g/mol. The summed E-state index contributed by atoms with van der Waals surface area (Å²) in [5, 5.41) is 0. The lowest BCUT2D eigenvalue weighted by molar-refractivity contribution is -0.152. The van der Waals surface area contributed by atoms with Crippen molar-refractivity contribution in [2.24, 2.45) is 4.99 Å². The van der Waals surface area contributed by atoms with Crippen LogP contribution in [0.25, 0.3) is 0 Å². The number of ether oxygens (including phenoxy) is 2. The largest absolute Gasteiger partial charge is 0.469 e. The molecule has 2 aromatic rings. The zero-order valence-electron chi connectivity index (χ0n) is 14.4. The average molecular weight is 350 g/mol. The summed E-state index contributed by atoms with van der Waals surface area (Å²) in [6.45, 7) is 0.598. The molecule has 0 saturated heterocycles. The van der Waals surface area contributed by atoms with Crippen molar-refractivity contribution >= 4 is 17.7 Å². The van der Waals surface area contributed by atoms with Crippen molar-refractivity contribution in [2.75, 3.05) is 7.11 Å². The maximum absolute atomic E-state index is 12.1. The van der Waals surface area contributed by atoms with E-state index in [1.807, 2.05) is 18.2 Å². The smallest absolute Gasteiger partial charge is 0.310 e. The lowest BCUT2D eigenvalue weighted by atomic mass is 9.91. The second-order valence-electron chi connectivity index (χ2n) is 6.45. The second-order valence-corrected chi connectivity index (χ2v) is 6.45. The molecule has 4 rings (SSSR count). The van der Waals surface area contributed by atoms with Gasteiger partial charge in [-0.15, -0.1) is 0 Å². The number of aromatic nitrogens is 1. The lowest BCUT2D eigenvalue weighted by Crippen LogP contribution is -2.22. The SMILES string of the molecule is COC(=O)CC1Cc2cc3c(cc2CC(=O)O1)CN=C3c1ccncc1. The van der Waals surface area contributed by atoms with Gasteiger partial charge in [-0.05, 0) is 34.9 Å². The van der Waals surface area contributed by atoms with Crippen molar-refractivity contribution in [1.29, 1.82) is 0 Å². The Bertz CT molecular complexity index is 906. The molecule has 0 N–H and O–H groups in total. The normalized spacial score (nSPS) is 18.3. The van der Waals surface area contributed by atoms with Crippen LogP contribution in [-0.2, 0) is 38.4 Å². The van der Waals surface area contributed by atoms with E-state index >= 15 is 0 Å². The number of benzene rings is 1. The Labute approximate surface area is 150 Å². The number of aliphatic imine (C=N–C) groups is 1. The first kappa shape index (κ1) is 16.4. The Kier molecular flexibility index (Phi) is 4.24. The summed E-state index contributed by atoms with van der Waals surface area (Å²) < 4.78 is 10.1. The van der Waals surface area contributed by atoms with Gasteiger partial charge >= 0.3 is 11.9 Å². The first-order chi connectivity index (χ1) is 12.6. The van der Waals surface area contributed by atoms with E-state index in [9.17, 15) is 9.59 Å². The molecule has 2 aliphatic heterocycles. The highest BCUT2D eigenvalue weighted by Gasteiger charge is 2.28. The number of cyclic esters (lactones) is 1. The summed E-state index contributed by atoms with van der Waals surface area (Å²) in [4.78, 5) is 32.4. The Morgan fingerprint density at radius 2 is 2.04 bits per heavy atom. The molecule has 132 valence electrons. The topological polar surface area (TPSA) is 77.9 Å². The Morgan fingerprint density at radius 3 is 2.81 bits per heavy atom. The zero-order chi connectivity index (χ0) is 18.1. The predicted molar refractivity (Wildman–Crippen MR) is 93.9 cm³/mol. The van der Waals surface area contributed by atoms with Gasteiger partial charge in [0, 0.05) is 29.9 Å². The van der Waals surface area contributed by atoms with Crippen molar-refractivity contribution in [3.63, 3.8) is 0 Å². The van der Waals surface area contributed by atoms with Crippen LogP contribution in [0.2, 0.25) is 0 Å². The molecule has 1 aromatic heterocycles. The first-order valence-corrected chi connectivity index (χ1v) is 8.50. The van der Waals surface area contributed by atoms with Crippen LogP contribution in [0.15, 0.2) is 41.7 Å². The summed E-state index contributed by atoms with van der Waals surface area (Å²) in [6, 6.07) is 8.01. The number of hydrogen-bond acceptors (Lipinski definition) is 6. The van der Waals surface area contributed by atoms with Crippen molar-refractivity contribution in [3.8, 4) is 0 Å². The number of methoxy groups -OCH3 is 1. The minimum Gasteiger partial charge on any atom is -0.469 e. The fourth-order valence-corrected chi connectivity index (χ4v) is 3.51. The number of fused-ring (bicyclic) bond motifs is 2. The van der Waals surface area contributed by atoms with Crippen LogP contribution < -0.4 is 0 Å². The van der Waals surface area contributed by atoms with Gasteiger partial charge in [-0.1, -0.05) is 6.07 Å². The van der Waals surface area contributed by atoms with Crippen molar-refractivity contribution < 1.29 is 19.1 Å². The monoisotopic (exact) mass is 350 g/mol. The van der Waals surface area contributed by atoms with E-state index in [0.717, 1.165) is 33.5 Å². The summed E-state index contributed by atoms with van der Waals surface area (Å²) in [5.41, 5.74) is 6.10. The lowest BCUT2D eigenvalue weighted by Gasteiger charge is -2.14. The summed E-state index contributed by atoms with van der Waals surface area (Å²) >= 11 is 0. The Balaban J connectivity index is 1.69. The molecule has 3 heterocycles. The van der Waals surface area contributed by atoms with Crippen LogP contribution in [-0.4, -0.2) is 35.8 Å². The van der Waals surface area contributed by atoms with Crippen LogP contribution in [0, 0.1) is 0 Å².